The maximum atomic E-state index is 12.4. The maximum absolute atomic E-state index is 12.4. The van der Waals surface area contributed by atoms with E-state index in [0.29, 0.717) is 16.4 Å². The van der Waals surface area contributed by atoms with Gasteiger partial charge < -0.3 is 15.2 Å². The van der Waals surface area contributed by atoms with Crippen molar-refractivity contribution in [3.05, 3.63) is 47.5 Å². The molecule has 3 N–H and O–H groups in total. The average Bonchev–Trinajstić information content (AvgIpc) is 2.95. The van der Waals surface area contributed by atoms with E-state index >= 15 is 0 Å². The van der Waals surface area contributed by atoms with E-state index in [4.69, 9.17) is 17.0 Å². The number of anilines is 1. The zero-order chi connectivity index (χ0) is 18.0. The van der Waals surface area contributed by atoms with Crippen molar-refractivity contribution in [2.24, 2.45) is 0 Å². The number of thiazole rings is 1. The van der Waals surface area contributed by atoms with Gasteiger partial charge >= 0.3 is 0 Å². The molecule has 1 heterocycles. The van der Waals surface area contributed by atoms with Gasteiger partial charge in [0.1, 0.15) is 11.5 Å². The number of hydrogen-bond acceptors (Lipinski definition) is 6. The highest BCUT2D eigenvalue weighted by atomic mass is 32.1. The molecule has 2 aromatic carbocycles. The number of aryl methyl sites for hydroxylation is 1. The first kappa shape index (κ1) is 17.1. The topological polar surface area (TPSA) is 83.5 Å². The first-order chi connectivity index (χ1) is 12.0. The molecule has 0 aliphatic heterocycles. The van der Waals surface area contributed by atoms with Crippen LogP contribution in [-0.4, -0.2) is 28.2 Å². The molecule has 0 aliphatic carbocycles. The number of phenolic OH excluding ortho intramolecular Hbond substituents is 1. The number of methoxy groups -OCH3 is 1. The lowest BCUT2D eigenvalue weighted by Gasteiger charge is -2.12. The van der Waals surface area contributed by atoms with Gasteiger partial charge in [0.25, 0.3) is 5.91 Å². The summed E-state index contributed by atoms with van der Waals surface area (Å²) >= 11 is 6.52. The fourth-order valence-electron chi connectivity index (χ4n) is 2.37. The van der Waals surface area contributed by atoms with Gasteiger partial charge in [-0.2, -0.15) is 0 Å². The smallest absolute Gasteiger partial charge is 0.261 e. The SMILES string of the molecule is COc1c(C)cccc1C(=O)NC(=S)Nc1nc2ccc(O)cc2s1. The summed E-state index contributed by atoms with van der Waals surface area (Å²) in [4.78, 5) is 16.8. The summed E-state index contributed by atoms with van der Waals surface area (Å²) in [5, 5.41) is 15.7. The van der Waals surface area contributed by atoms with E-state index in [9.17, 15) is 9.90 Å². The summed E-state index contributed by atoms with van der Waals surface area (Å²) < 4.78 is 6.11. The molecule has 1 aromatic heterocycles. The van der Waals surface area contributed by atoms with Crippen molar-refractivity contribution in [3.63, 3.8) is 0 Å². The van der Waals surface area contributed by atoms with E-state index in [2.05, 4.69) is 15.6 Å². The second-order valence-corrected chi connectivity index (χ2v) is 6.67. The van der Waals surface area contributed by atoms with Gasteiger partial charge in [0.15, 0.2) is 10.2 Å². The Labute approximate surface area is 153 Å². The van der Waals surface area contributed by atoms with Crippen LogP contribution in [0.3, 0.4) is 0 Å². The van der Waals surface area contributed by atoms with E-state index in [-0.39, 0.29) is 16.8 Å². The van der Waals surface area contributed by atoms with Gasteiger partial charge in [-0.25, -0.2) is 4.98 Å². The van der Waals surface area contributed by atoms with Crippen LogP contribution >= 0.6 is 23.6 Å². The van der Waals surface area contributed by atoms with Crippen molar-refractivity contribution in [1.29, 1.82) is 0 Å². The van der Waals surface area contributed by atoms with Crippen LogP contribution in [0.1, 0.15) is 15.9 Å². The number of ether oxygens (including phenoxy) is 1. The summed E-state index contributed by atoms with van der Waals surface area (Å²) in [6.45, 7) is 1.86. The van der Waals surface area contributed by atoms with Gasteiger partial charge in [-0.05, 0) is 49.0 Å². The highest BCUT2D eigenvalue weighted by Crippen LogP contribution is 2.28. The number of carbonyl (C=O) groups is 1. The van der Waals surface area contributed by atoms with Crippen LogP contribution in [0.5, 0.6) is 11.5 Å². The normalized spacial score (nSPS) is 10.5. The number of hydrogen-bond donors (Lipinski definition) is 3. The molecule has 0 spiro atoms. The number of benzene rings is 2. The van der Waals surface area contributed by atoms with E-state index in [1.807, 2.05) is 13.0 Å². The van der Waals surface area contributed by atoms with Gasteiger partial charge in [-0.15, -0.1) is 0 Å². The number of rotatable bonds is 3. The number of carbonyl (C=O) groups excluding carboxylic acids is 1. The monoisotopic (exact) mass is 373 g/mol. The number of thiocarbonyl (C=S) groups is 1. The lowest BCUT2D eigenvalue weighted by molar-refractivity contribution is 0.0974. The predicted molar refractivity (Wildman–Crippen MR) is 103 cm³/mol. The first-order valence-corrected chi connectivity index (χ1v) is 8.56. The van der Waals surface area contributed by atoms with Gasteiger partial charge in [0.2, 0.25) is 0 Å². The minimum Gasteiger partial charge on any atom is -0.508 e. The minimum atomic E-state index is -0.364. The number of aromatic hydroxyl groups is 1. The van der Waals surface area contributed by atoms with E-state index in [1.165, 1.54) is 18.4 Å². The molecule has 8 heteroatoms. The Balaban J connectivity index is 1.73. The molecule has 0 bridgehead atoms. The van der Waals surface area contributed by atoms with Crippen molar-refractivity contribution in [1.82, 2.24) is 10.3 Å². The van der Waals surface area contributed by atoms with Crippen molar-refractivity contribution < 1.29 is 14.6 Å². The van der Waals surface area contributed by atoms with E-state index in [0.717, 1.165) is 15.8 Å². The van der Waals surface area contributed by atoms with Crippen LogP contribution in [0.2, 0.25) is 0 Å². The molecule has 3 aromatic rings. The van der Waals surface area contributed by atoms with Crippen LogP contribution in [0.15, 0.2) is 36.4 Å². The van der Waals surface area contributed by atoms with Crippen molar-refractivity contribution >= 4 is 49.9 Å². The number of aromatic nitrogens is 1. The fraction of sp³-hybridized carbons (Fsp3) is 0.118. The molecule has 128 valence electrons. The fourth-order valence-corrected chi connectivity index (χ4v) is 3.53. The number of phenols is 1. The van der Waals surface area contributed by atoms with E-state index in [1.54, 1.807) is 30.3 Å². The molecular formula is C17H15N3O3S2. The summed E-state index contributed by atoms with van der Waals surface area (Å²) in [5.74, 6) is 0.320. The van der Waals surface area contributed by atoms with Crippen LogP contribution in [-0.2, 0) is 0 Å². The van der Waals surface area contributed by atoms with Crippen LogP contribution in [0.4, 0.5) is 5.13 Å². The lowest BCUT2D eigenvalue weighted by Crippen LogP contribution is -2.34. The molecule has 0 atom stereocenters. The van der Waals surface area contributed by atoms with Gasteiger partial charge in [0, 0.05) is 0 Å². The molecule has 0 fully saturated rings. The molecule has 0 unspecified atom stereocenters. The minimum absolute atomic E-state index is 0.136. The first-order valence-electron chi connectivity index (χ1n) is 7.33. The summed E-state index contributed by atoms with van der Waals surface area (Å²) in [6.07, 6.45) is 0. The number of nitrogens with one attached hydrogen (secondary N) is 2. The van der Waals surface area contributed by atoms with Crippen molar-refractivity contribution in [3.8, 4) is 11.5 Å². The van der Waals surface area contributed by atoms with Crippen LogP contribution in [0, 0.1) is 6.92 Å². The molecule has 3 rings (SSSR count). The van der Waals surface area contributed by atoms with Gasteiger partial charge in [0.05, 0.1) is 22.9 Å². The highest BCUT2D eigenvalue weighted by molar-refractivity contribution is 7.80. The molecule has 0 saturated heterocycles. The Hall–Kier alpha value is -2.71. The third kappa shape index (κ3) is 3.70. The molecule has 0 radical (unpaired) electrons. The Morgan fingerprint density at radius 1 is 1.32 bits per heavy atom. The van der Waals surface area contributed by atoms with Gasteiger partial charge in [-0.3, -0.25) is 10.1 Å². The van der Waals surface area contributed by atoms with Crippen molar-refractivity contribution in [2.45, 2.75) is 6.92 Å². The Morgan fingerprint density at radius 2 is 2.12 bits per heavy atom. The number of nitrogens with zero attached hydrogens (tertiary/aromatic N) is 1. The zero-order valence-corrected chi connectivity index (χ0v) is 15.1. The summed E-state index contributed by atoms with van der Waals surface area (Å²) in [7, 11) is 1.52. The molecular weight excluding hydrogens is 358 g/mol. The second kappa shape index (κ2) is 7.04. The largest absolute Gasteiger partial charge is 0.508 e. The predicted octanol–water partition coefficient (Wildman–Crippen LogP) is 3.45. The van der Waals surface area contributed by atoms with Crippen LogP contribution in [0.25, 0.3) is 10.2 Å². The summed E-state index contributed by atoms with van der Waals surface area (Å²) in [6, 6.07) is 10.2. The van der Waals surface area contributed by atoms with Crippen molar-refractivity contribution in [2.75, 3.05) is 12.4 Å². The maximum Gasteiger partial charge on any atom is 0.261 e. The molecule has 0 saturated carbocycles. The molecule has 0 aliphatic rings. The number of fused-ring (bicyclic) bond motifs is 1. The third-order valence-corrected chi connectivity index (χ3v) is 4.62. The van der Waals surface area contributed by atoms with E-state index < -0.39 is 0 Å². The third-order valence-electron chi connectivity index (χ3n) is 3.48. The quantitative estimate of drug-likeness (QED) is 0.610. The second-order valence-electron chi connectivity index (χ2n) is 5.24. The Kier molecular flexibility index (Phi) is 4.82. The van der Waals surface area contributed by atoms with Crippen LogP contribution < -0.4 is 15.4 Å². The summed E-state index contributed by atoms with van der Waals surface area (Å²) in [5.41, 5.74) is 2.00. The Bertz CT molecular complexity index is 969. The number of amides is 1. The average molecular weight is 373 g/mol. The number of para-hydroxylation sites is 1. The zero-order valence-electron chi connectivity index (χ0n) is 13.5. The lowest BCUT2D eigenvalue weighted by atomic mass is 10.1. The Morgan fingerprint density at radius 3 is 2.88 bits per heavy atom. The molecule has 1 amide bonds. The molecule has 6 nitrogen and oxygen atoms in total. The van der Waals surface area contributed by atoms with Gasteiger partial charge in [-0.1, -0.05) is 23.5 Å². The molecule has 25 heavy (non-hydrogen) atoms. The standard InChI is InChI=1S/C17H15N3O3S2/c1-9-4-3-5-11(14(9)23-2)15(22)19-16(24)20-17-18-12-7-6-10(21)8-13(12)25-17/h3-8,21H,1-2H3,(H2,18,19,20,22,24). The highest BCUT2D eigenvalue weighted by Gasteiger charge is 2.15.